The van der Waals surface area contributed by atoms with Crippen molar-refractivity contribution in [3.05, 3.63) is 28.3 Å². The van der Waals surface area contributed by atoms with Crippen molar-refractivity contribution in [2.24, 2.45) is 23.5 Å². The van der Waals surface area contributed by atoms with E-state index >= 15 is 4.39 Å². The lowest BCUT2D eigenvalue weighted by Crippen LogP contribution is -2.58. The van der Waals surface area contributed by atoms with Gasteiger partial charge in [-0.1, -0.05) is 0 Å². The fraction of sp³-hybridized carbons (Fsp3) is 0.545. The fourth-order valence-corrected chi connectivity index (χ4v) is 6.54. The van der Waals surface area contributed by atoms with Crippen LogP contribution in [0.4, 0.5) is 14.9 Å². The quantitative estimate of drug-likeness (QED) is 0.678. The van der Waals surface area contributed by atoms with E-state index in [0.29, 0.717) is 47.8 Å². The second-order valence-corrected chi connectivity index (χ2v) is 9.64. The average molecular weight is 444 g/mol. The number of anilines is 1. The van der Waals surface area contributed by atoms with E-state index in [1.165, 1.54) is 12.3 Å². The molecule has 3 saturated carbocycles. The first-order chi connectivity index (χ1) is 15.3. The minimum Gasteiger partial charge on any atom is -0.467 e. The molecule has 0 spiro atoms. The van der Waals surface area contributed by atoms with Gasteiger partial charge in [-0.2, -0.15) is 0 Å². The number of ether oxygens (including phenoxy) is 2. The highest BCUT2D eigenvalue weighted by Gasteiger charge is 2.55. The summed E-state index contributed by atoms with van der Waals surface area (Å²) in [6, 6.07) is 1.17. The molecule has 4 fully saturated rings. The second-order valence-electron chi connectivity index (χ2n) is 9.64. The fourth-order valence-electron chi connectivity index (χ4n) is 6.54. The van der Waals surface area contributed by atoms with Crippen molar-refractivity contribution in [1.82, 2.24) is 4.68 Å². The number of benzene rings is 1. The summed E-state index contributed by atoms with van der Waals surface area (Å²) in [5, 5.41) is 10.6. The van der Waals surface area contributed by atoms with Gasteiger partial charge in [-0.25, -0.2) is 9.18 Å². The summed E-state index contributed by atoms with van der Waals surface area (Å²) < 4.78 is 27.8. The molecule has 2 aliphatic heterocycles. The average Bonchev–Trinajstić information content (AvgIpc) is 3.21. The molecule has 3 heterocycles. The molecule has 1 aromatic heterocycles. The Bertz CT molecular complexity index is 1210. The van der Waals surface area contributed by atoms with Gasteiger partial charge in [-0.15, -0.1) is 0 Å². The van der Waals surface area contributed by atoms with Gasteiger partial charge in [0.2, 0.25) is 11.2 Å². The molecule has 7 rings (SSSR count). The van der Waals surface area contributed by atoms with E-state index in [1.54, 1.807) is 16.7 Å². The number of hydrogen-bond acceptors (Lipinski definition) is 7. The highest BCUT2D eigenvalue weighted by Crippen LogP contribution is 2.54. The maximum Gasteiger partial charge on any atom is 0.511 e. The molecule has 0 radical (unpaired) electrons. The third-order valence-electron chi connectivity index (χ3n) is 8.07. The molecule has 9 nitrogen and oxygen atoms in total. The number of nitrogens with zero attached hydrogens (tertiary/aromatic N) is 3. The Morgan fingerprint density at radius 2 is 2.09 bits per heavy atom. The van der Waals surface area contributed by atoms with Crippen LogP contribution >= 0.6 is 0 Å². The molecule has 3 N–H and O–H groups in total. The van der Waals surface area contributed by atoms with Gasteiger partial charge in [0.15, 0.2) is 18.3 Å². The third kappa shape index (κ3) is 2.58. The molecule has 2 bridgehead atoms. The first kappa shape index (κ1) is 19.7. The topological polar surface area (TPSA) is 110 Å². The monoisotopic (exact) mass is 444 g/mol. The zero-order valence-corrected chi connectivity index (χ0v) is 17.7. The molecule has 10 heteroatoms. The minimum absolute atomic E-state index is 0.0125. The van der Waals surface area contributed by atoms with Gasteiger partial charge in [-0.3, -0.25) is 14.5 Å². The van der Waals surface area contributed by atoms with E-state index in [-0.39, 0.29) is 23.4 Å². The number of hydrogen-bond donors (Lipinski definition) is 2. The van der Waals surface area contributed by atoms with E-state index in [9.17, 15) is 9.59 Å². The third-order valence-corrected chi connectivity index (χ3v) is 8.07. The predicted molar refractivity (Wildman–Crippen MR) is 115 cm³/mol. The maximum atomic E-state index is 15.6. The zero-order chi connectivity index (χ0) is 22.4. The lowest BCUT2D eigenvalue weighted by Gasteiger charge is -2.52. The zero-order valence-electron chi connectivity index (χ0n) is 17.7. The molecule has 5 aliphatic rings. The van der Waals surface area contributed by atoms with Crippen molar-refractivity contribution in [2.75, 3.05) is 36.8 Å². The first-order valence-electron chi connectivity index (χ1n) is 11.0. The summed E-state index contributed by atoms with van der Waals surface area (Å²) in [5.41, 5.74) is 6.65. The van der Waals surface area contributed by atoms with Crippen LogP contribution in [-0.2, 0) is 0 Å². The molecule has 1 aromatic carbocycles. The second kappa shape index (κ2) is 6.50. The number of fused-ring (bicyclic) bond motifs is 2. The Hall–Kier alpha value is -3.01. The smallest absolute Gasteiger partial charge is 0.467 e. The summed E-state index contributed by atoms with van der Waals surface area (Å²) in [6.45, 7) is 1.49. The van der Waals surface area contributed by atoms with E-state index in [4.69, 9.17) is 15.6 Å². The van der Waals surface area contributed by atoms with Gasteiger partial charge in [0.05, 0.1) is 11.6 Å². The molecule has 170 valence electrons. The summed E-state index contributed by atoms with van der Waals surface area (Å²) in [4.78, 5) is 25.9. The standard InChI is InChI=1S/C22H25FN4O5/c1-25-10-31-20-17-12(19(28)16(9-27(17)25)32-21(29)30)6-15(23)18(20)26-7-13-11-2-4-22(24,5-3-11)14(13)8-26/h6,9,11,13-14H,2-5,7-8,10,24H2,1H3,(H,29,30). The molecule has 2 unspecified atom stereocenters. The molecule has 2 aromatic rings. The first-order valence-corrected chi connectivity index (χ1v) is 11.0. The Morgan fingerprint density at radius 1 is 1.34 bits per heavy atom. The van der Waals surface area contributed by atoms with Crippen LogP contribution < -0.4 is 30.5 Å². The minimum atomic E-state index is -1.61. The molecule has 2 atom stereocenters. The van der Waals surface area contributed by atoms with Gasteiger partial charge in [0, 0.05) is 25.7 Å². The van der Waals surface area contributed by atoms with Crippen LogP contribution in [-0.4, -0.2) is 48.3 Å². The van der Waals surface area contributed by atoms with Crippen molar-refractivity contribution < 1.29 is 23.8 Å². The van der Waals surface area contributed by atoms with E-state index in [1.807, 2.05) is 4.90 Å². The Kier molecular flexibility index (Phi) is 4.00. The van der Waals surface area contributed by atoms with Gasteiger partial charge in [0.25, 0.3) is 0 Å². The predicted octanol–water partition coefficient (Wildman–Crippen LogP) is 2.07. The van der Waals surface area contributed by atoms with Gasteiger partial charge in [0.1, 0.15) is 11.2 Å². The largest absolute Gasteiger partial charge is 0.511 e. The van der Waals surface area contributed by atoms with Crippen molar-refractivity contribution in [3.63, 3.8) is 0 Å². The van der Waals surface area contributed by atoms with Crippen LogP contribution in [0.5, 0.6) is 11.5 Å². The van der Waals surface area contributed by atoms with Crippen LogP contribution in [0.2, 0.25) is 0 Å². The highest BCUT2D eigenvalue weighted by molar-refractivity contribution is 5.93. The molecule has 0 amide bonds. The van der Waals surface area contributed by atoms with Crippen molar-refractivity contribution in [1.29, 1.82) is 0 Å². The number of carbonyl (C=O) groups is 1. The van der Waals surface area contributed by atoms with Crippen molar-refractivity contribution >= 4 is 22.7 Å². The lowest BCUT2D eigenvalue weighted by molar-refractivity contribution is 0.0318. The van der Waals surface area contributed by atoms with Crippen molar-refractivity contribution in [3.8, 4) is 11.5 Å². The summed E-state index contributed by atoms with van der Waals surface area (Å²) in [6.07, 6.45) is 4.01. The van der Waals surface area contributed by atoms with Crippen molar-refractivity contribution in [2.45, 2.75) is 31.2 Å². The van der Waals surface area contributed by atoms with Crippen LogP contribution in [0.3, 0.4) is 0 Å². The summed E-state index contributed by atoms with van der Waals surface area (Å²) in [7, 11) is 1.72. The molecule has 32 heavy (non-hydrogen) atoms. The molecular formula is C22H25FN4O5. The van der Waals surface area contributed by atoms with Crippen LogP contribution in [0.1, 0.15) is 25.7 Å². The van der Waals surface area contributed by atoms with Crippen LogP contribution in [0, 0.1) is 23.6 Å². The maximum absolute atomic E-state index is 15.6. The number of halogens is 1. The van der Waals surface area contributed by atoms with Gasteiger partial charge in [-0.05, 0) is 49.5 Å². The number of pyridine rings is 1. The van der Waals surface area contributed by atoms with E-state index in [2.05, 4.69) is 4.74 Å². The SMILES string of the molecule is CN1COc2c(N3CC4C5CCC(N)(CC5)C4C3)c(F)cc3c(=O)c(OC(=O)O)cn1c23. The Morgan fingerprint density at radius 3 is 2.78 bits per heavy atom. The molecule has 3 aliphatic carbocycles. The molecule has 1 saturated heterocycles. The van der Waals surface area contributed by atoms with Crippen LogP contribution in [0.25, 0.3) is 10.9 Å². The van der Waals surface area contributed by atoms with E-state index in [0.717, 1.165) is 25.7 Å². The van der Waals surface area contributed by atoms with Crippen LogP contribution in [0.15, 0.2) is 17.1 Å². The number of carboxylic acid groups (broad SMARTS) is 1. The number of aromatic nitrogens is 1. The summed E-state index contributed by atoms with van der Waals surface area (Å²) in [5.74, 6) is 0.725. The normalized spacial score (nSPS) is 30.4. The number of nitrogens with two attached hydrogens (primary N) is 1. The molecular weight excluding hydrogens is 419 g/mol. The van der Waals surface area contributed by atoms with Gasteiger partial charge < -0.3 is 25.2 Å². The Balaban J connectivity index is 1.51. The highest BCUT2D eigenvalue weighted by atomic mass is 19.1. The lowest BCUT2D eigenvalue weighted by atomic mass is 9.56. The number of rotatable bonds is 2. The Labute approximate surface area is 183 Å². The van der Waals surface area contributed by atoms with Gasteiger partial charge >= 0.3 is 6.16 Å². The summed E-state index contributed by atoms with van der Waals surface area (Å²) >= 11 is 0. The van der Waals surface area contributed by atoms with E-state index < -0.39 is 17.4 Å².